The molecule has 1 saturated heterocycles. The molecule has 2 amide bonds. The second-order valence-electron chi connectivity index (χ2n) is 9.56. The highest BCUT2D eigenvalue weighted by Gasteiger charge is 2.45. The maximum Gasteiger partial charge on any atom is 0.416 e. The molecule has 6 heteroatoms. The minimum absolute atomic E-state index is 0.00584. The van der Waals surface area contributed by atoms with Crippen molar-refractivity contribution in [1.82, 2.24) is 4.90 Å². The van der Waals surface area contributed by atoms with Crippen LogP contribution in [0.4, 0.5) is 4.79 Å². The molecule has 29 heavy (non-hydrogen) atoms. The summed E-state index contributed by atoms with van der Waals surface area (Å²) in [6, 6.07) is 9.52. The number of hydrogen-bond acceptors (Lipinski definition) is 4. The number of carbonyl (C=O) groups excluding carboxylic acids is 2. The summed E-state index contributed by atoms with van der Waals surface area (Å²) in [5, 5.41) is 0.00584. The normalized spacial score (nSPS) is 19.6. The topological polar surface area (TPSA) is 55.8 Å². The molecule has 0 aliphatic carbocycles. The summed E-state index contributed by atoms with van der Waals surface area (Å²) in [5.74, 6) is -0.786. The first-order valence-corrected chi connectivity index (χ1v) is 13.1. The number of ether oxygens (including phenoxy) is 1. The molecule has 0 N–H and O–H groups in total. The Morgan fingerprint density at radius 1 is 1.31 bits per heavy atom. The van der Waals surface area contributed by atoms with Crippen molar-refractivity contribution < 1.29 is 18.8 Å². The van der Waals surface area contributed by atoms with Crippen LogP contribution in [0.2, 0.25) is 18.1 Å². The van der Waals surface area contributed by atoms with Crippen molar-refractivity contribution in [3.8, 4) is 0 Å². The Balaban J connectivity index is 2.22. The van der Waals surface area contributed by atoms with E-state index in [1.165, 1.54) is 4.90 Å². The lowest BCUT2D eigenvalue weighted by Gasteiger charge is -2.41. The molecule has 3 atom stereocenters. The predicted octanol–water partition coefficient (Wildman–Crippen LogP) is 5.18. The van der Waals surface area contributed by atoms with Crippen molar-refractivity contribution in [2.75, 3.05) is 6.61 Å². The fraction of sp³-hybridized carbons (Fsp3) is 0.565. The van der Waals surface area contributed by atoms with Crippen LogP contribution in [0, 0.1) is 5.92 Å². The first-order valence-electron chi connectivity index (χ1n) is 10.2. The lowest BCUT2D eigenvalue weighted by Crippen LogP contribution is -2.50. The number of hydrogen-bond donors (Lipinski definition) is 0. The van der Waals surface area contributed by atoms with E-state index in [0.717, 1.165) is 11.1 Å². The van der Waals surface area contributed by atoms with Crippen LogP contribution in [0.5, 0.6) is 0 Å². The molecule has 1 aliphatic rings. The number of nitrogens with zero attached hydrogens (tertiary/aromatic N) is 1. The van der Waals surface area contributed by atoms with Gasteiger partial charge in [0.2, 0.25) is 5.91 Å². The Morgan fingerprint density at radius 2 is 1.90 bits per heavy atom. The van der Waals surface area contributed by atoms with Crippen LogP contribution >= 0.6 is 0 Å². The average molecular weight is 418 g/mol. The van der Waals surface area contributed by atoms with Gasteiger partial charge >= 0.3 is 6.09 Å². The largest absolute Gasteiger partial charge is 0.447 e. The summed E-state index contributed by atoms with van der Waals surface area (Å²) in [5.41, 5.74) is 1.86. The minimum atomic E-state index is -2.12. The second kappa shape index (κ2) is 8.84. The summed E-state index contributed by atoms with van der Waals surface area (Å²) in [6.45, 7) is 18.8. The van der Waals surface area contributed by atoms with Gasteiger partial charge in [-0.15, -0.1) is 0 Å². The molecule has 0 spiro atoms. The van der Waals surface area contributed by atoms with Gasteiger partial charge in [-0.3, -0.25) is 4.79 Å². The standard InChI is InChI=1S/C23H35NO4Si/c1-16(2)20(28-29(7,8)23(4,5)6)17(3)21(25)24-19(15-27-22(24)26)14-18-12-10-9-11-13-18/h9-13,17,19-20H,1,14-15H2,2-8H3/t17?,19-,20?/m1/s1. The van der Waals surface area contributed by atoms with Crippen molar-refractivity contribution in [3.05, 3.63) is 48.0 Å². The molecule has 2 unspecified atom stereocenters. The number of benzene rings is 1. The van der Waals surface area contributed by atoms with Gasteiger partial charge in [0.05, 0.1) is 18.1 Å². The van der Waals surface area contributed by atoms with Crippen molar-refractivity contribution >= 4 is 20.3 Å². The highest BCUT2D eigenvalue weighted by molar-refractivity contribution is 6.74. The number of cyclic esters (lactones) is 1. The SMILES string of the molecule is C=C(C)C(O[Si](C)(C)C(C)(C)C)C(C)C(=O)N1C(=O)OC[C@H]1Cc1ccccc1. The van der Waals surface area contributed by atoms with Gasteiger partial charge in [-0.25, -0.2) is 9.69 Å². The fourth-order valence-corrected chi connectivity index (χ4v) is 4.63. The molecule has 160 valence electrons. The van der Waals surface area contributed by atoms with Crippen LogP contribution in [0.15, 0.2) is 42.5 Å². The molecule has 0 radical (unpaired) electrons. The van der Waals surface area contributed by atoms with Gasteiger partial charge in [0.1, 0.15) is 6.61 Å². The summed E-state index contributed by atoms with van der Waals surface area (Å²) < 4.78 is 11.8. The zero-order chi connectivity index (χ0) is 22.0. The van der Waals surface area contributed by atoms with Crippen LogP contribution in [-0.4, -0.2) is 44.0 Å². The van der Waals surface area contributed by atoms with E-state index in [9.17, 15) is 9.59 Å². The monoisotopic (exact) mass is 417 g/mol. The maximum absolute atomic E-state index is 13.4. The first kappa shape index (κ1) is 23.4. The van der Waals surface area contributed by atoms with Gasteiger partial charge in [0, 0.05) is 0 Å². The van der Waals surface area contributed by atoms with E-state index < -0.39 is 26.4 Å². The summed E-state index contributed by atoms with van der Waals surface area (Å²) in [6.07, 6.45) is -0.434. The summed E-state index contributed by atoms with van der Waals surface area (Å²) >= 11 is 0. The number of imide groups is 1. The highest BCUT2D eigenvalue weighted by atomic mass is 28.4. The molecular formula is C23H35NO4Si. The second-order valence-corrected chi connectivity index (χ2v) is 14.3. The smallest absolute Gasteiger partial charge is 0.416 e. The predicted molar refractivity (Wildman–Crippen MR) is 118 cm³/mol. The summed E-state index contributed by atoms with van der Waals surface area (Å²) in [7, 11) is -2.12. The zero-order valence-electron chi connectivity index (χ0n) is 18.8. The van der Waals surface area contributed by atoms with E-state index in [2.05, 4.69) is 40.4 Å². The molecule has 0 bridgehead atoms. The van der Waals surface area contributed by atoms with Crippen molar-refractivity contribution in [2.24, 2.45) is 5.92 Å². The molecule has 1 fully saturated rings. The quantitative estimate of drug-likeness (QED) is 0.453. The first-order chi connectivity index (χ1) is 13.3. The lowest BCUT2D eigenvalue weighted by atomic mass is 9.96. The van der Waals surface area contributed by atoms with Gasteiger partial charge in [-0.1, -0.05) is 70.2 Å². The Morgan fingerprint density at radius 3 is 2.41 bits per heavy atom. The van der Waals surface area contributed by atoms with E-state index in [-0.39, 0.29) is 23.6 Å². The van der Waals surface area contributed by atoms with E-state index in [1.54, 1.807) is 0 Å². The molecule has 1 aromatic rings. The van der Waals surface area contributed by atoms with Crippen LogP contribution in [0.1, 0.15) is 40.2 Å². The summed E-state index contributed by atoms with van der Waals surface area (Å²) in [4.78, 5) is 27.0. The Kier molecular flexibility index (Phi) is 7.12. The fourth-order valence-electron chi connectivity index (χ4n) is 3.24. The van der Waals surface area contributed by atoms with E-state index >= 15 is 0 Å². The highest BCUT2D eigenvalue weighted by Crippen LogP contribution is 2.39. The Labute approximate surface area is 176 Å². The Hall–Kier alpha value is -1.92. The molecule has 1 heterocycles. The number of amides is 2. The molecule has 2 rings (SSSR count). The third-order valence-corrected chi connectivity index (χ3v) is 10.5. The van der Waals surface area contributed by atoms with Crippen LogP contribution in [0.3, 0.4) is 0 Å². The molecule has 1 aliphatic heterocycles. The van der Waals surface area contributed by atoms with E-state index in [4.69, 9.17) is 9.16 Å². The lowest BCUT2D eigenvalue weighted by molar-refractivity contribution is -0.135. The third kappa shape index (κ3) is 5.37. The minimum Gasteiger partial charge on any atom is -0.447 e. The van der Waals surface area contributed by atoms with Gasteiger partial charge < -0.3 is 9.16 Å². The molecule has 0 saturated carbocycles. The maximum atomic E-state index is 13.4. The Bertz CT molecular complexity index is 754. The van der Waals surface area contributed by atoms with Crippen LogP contribution < -0.4 is 0 Å². The van der Waals surface area contributed by atoms with Crippen LogP contribution in [-0.2, 0) is 20.4 Å². The number of carbonyl (C=O) groups is 2. The van der Waals surface area contributed by atoms with Gasteiger partial charge in [0.15, 0.2) is 8.32 Å². The van der Waals surface area contributed by atoms with Crippen molar-refractivity contribution in [1.29, 1.82) is 0 Å². The molecule has 1 aromatic carbocycles. The van der Waals surface area contributed by atoms with Crippen molar-refractivity contribution in [2.45, 2.75) is 71.3 Å². The van der Waals surface area contributed by atoms with Crippen LogP contribution in [0.25, 0.3) is 0 Å². The van der Waals surface area contributed by atoms with E-state index in [0.29, 0.717) is 6.42 Å². The van der Waals surface area contributed by atoms with Crippen molar-refractivity contribution in [3.63, 3.8) is 0 Å². The van der Waals surface area contributed by atoms with Gasteiger partial charge in [-0.05, 0) is 37.0 Å². The van der Waals surface area contributed by atoms with Gasteiger partial charge in [-0.2, -0.15) is 0 Å². The zero-order valence-corrected chi connectivity index (χ0v) is 19.8. The molecule has 0 aromatic heterocycles. The average Bonchev–Trinajstić information content (AvgIpc) is 2.98. The number of rotatable bonds is 7. The molecular weight excluding hydrogens is 382 g/mol. The third-order valence-electron chi connectivity index (χ3n) is 6.07. The van der Waals surface area contributed by atoms with E-state index in [1.807, 2.05) is 44.2 Å². The van der Waals surface area contributed by atoms with Gasteiger partial charge in [0.25, 0.3) is 0 Å². The molecule has 5 nitrogen and oxygen atoms in total.